The molecule has 4 rings (SSSR count). The van der Waals surface area contributed by atoms with E-state index in [4.69, 9.17) is 0 Å². The highest BCUT2D eigenvalue weighted by atomic mass is 16.2. The Morgan fingerprint density at radius 2 is 0.714 bits per heavy atom. The normalized spacial score (nSPS) is 21.5. The molecule has 0 atom stereocenters. The molecule has 0 radical (unpaired) electrons. The van der Waals surface area contributed by atoms with Gasteiger partial charge in [-0.15, -0.1) is 0 Å². The van der Waals surface area contributed by atoms with E-state index in [-0.39, 0.29) is 28.2 Å². The Morgan fingerprint density at radius 1 is 0.429 bits per heavy atom. The topological polar surface area (TPSA) is 36.5 Å². The second-order valence-corrected chi connectivity index (χ2v) is 9.53. The number of likely N-dealkylation sites (tertiary alicyclic amines) is 2. The number of likely N-dealkylation sites (N-methyl/N-ethyl adjacent to an activating group) is 4. The zero-order chi connectivity index (χ0) is 24.4. The quantitative estimate of drug-likeness (QED) is 0.496. The van der Waals surface area contributed by atoms with E-state index in [2.05, 4.69) is 47.8 Å². The van der Waals surface area contributed by atoms with Gasteiger partial charge < -0.3 is 24.5 Å². The zero-order valence-corrected chi connectivity index (χ0v) is 22.9. The maximum absolute atomic E-state index is 10.9. The molecule has 0 aromatic carbocycles. The summed E-state index contributed by atoms with van der Waals surface area (Å²) in [5.74, 6) is 0.226. The van der Waals surface area contributed by atoms with Crippen LogP contribution in [-0.4, -0.2) is 150 Å². The molecule has 0 aromatic heterocycles. The van der Waals surface area contributed by atoms with Gasteiger partial charge >= 0.3 is 0 Å². The van der Waals surface area contributed by atoms with Gasteiger partial charge in [-0.05, 0) is 87.1 Å². The molecule has 4 aliphatic heterocycles. The van der Waals surface area contributed by atoms with Crippen molar-refractivity contribution in [1.82, 2.24) is 29.4 Å². The van der Waals surface area contributed by atoms with Crippen molar-refractivity contribution >= 4 is 5.91 Å². The molecule has 0 N–H and O–H groups in total. The molecular weight excluding hydrogens is 436 g/mol. The van der Waals surface area contributed by atoms with Gasteiger partial charge in [0.15, 0.2) is 0 Å². The van der Waals surface area contributed by atoms with Gasteiger partial charge in [-0.25, -0.2) is 0 Å². The first-order valence-corrected chi connectivity index (χ1v) is 12.9. The number of carbonyl (C=O) groups excluding carboxylic acids is 1. The number of piperidine rings is 1. The Labute approximate surface area is 222 Å². The first-order chi connectivity index (χ1) is 15.3. The van der Waals surface area contributed by atoms with E-state index < -0.39 is 0 Å². The van der Waals surface area contributed by atoms with E-state index in [0.717, 1.165) is 13.1 Å². The summed E-state index contributed by atoms with van der Waals surface area (Å²) in [4.78, 5) is 24.2. The van der Waals surface area contributed by atoms with Crippen LogP contribution in [0.4, 0.5) is 0 Å². The first-order valence-electron chi connectivity index (χ1n) is 12.9. The van der Waals surface area contributed by atoms with Gasteiger partial charge in [0, 0.05) is 46.3 Å². The molecule has 0 bridgehead atoms. The summed E-state index contributed by atoms with van der Waals surface area (Å²) in [6.45, 7) is 16.7. The number of hydrogen-bond donors (Lipinski definition) is 0. The molecule has 4 saturated heterocycles. The van der Waals surface area contributed by atoms with Crippen LogP contribution in [0.2, 0.25) is 0 Å². The number of rotatable bonds is 0. The van der Waals surface area contributed by atoms with Crippen LogP contribution in [-0.2, 0) is 4.79 Å². The Balaban J connectivity index is -0.000000175. The summed E-state index contributed by atoms with van der Waals surface area (Å²) in [6, 6.07) is 0. The van der Waals surface area contributed by atoms with E-state index in [9.17, 15) is 4.79 Å². The number of amides is 1. The molecule has 7 nitrogen and oxygen atoms in total. The largest absolute Gasteiger partial charge is 0.343 e. The van der Waals surface area contributed by atoms with Crippen molar-refractivity contribution in [2.24, 2.45) is 0 Å². The molecule has 4 heterocycles. The van der Waals surface area contributed by atoms with E-state index in [1.54, 1.807) is 4.90 Å². The fraction of sp³-hybridized carbons (Fsp3) is 0.964. The summed E-state index contributed by atoms with van der Waals surface area (Å²) >= 11 is 0. The number of piperazine rings is 2. The maximum atomic E-state index is 10.9. The Hall–Kier alpha value is -0.730. The van der Waals surface area contributed by atoms with Gasteiger partial charge in [-0.2, -0.15) is 0 Å². The molecule has 0 unspecified atom stereocenters. The Morgan fingerprint density at radius 3 is 0.943 bits per heavy atom. The van der Waals surface area contributed by atoms with Gasteiger partial charge in [0.05, 0.1) is 6.54 Å². The molecule has 0 aromatic rings. The standard InChI is InChI=1S/C6H12N2O.C6H14N2.C6H13N.C5H11N.C2H6.3CH4/c1-7-3-4-8(2)6(9)5-7;1-7-3-5-8(2)6-4-7;1-7-5-3-2-4-6-7;1-6-4-2-3-5-6;1-2;;;/h3-5H2,1-2H3;3-6H2,1-2H3;2-6H2,1H3;2-5H2,1H3;1-2H3;3*1H4. The van der Waals surface area contributed by atoms with Crippen molar-refractivity contribution < 1.29 is 4.79 Å². The second kappa shape index (κ2) is 26.3. The average molecular weight is 505 g/mol. The fourth-order valence-electron chi connectivity index (χ4n) is 3.71. The SMILES string of the molecule is C.C.C.CC.CN1CCCC1.CN1CCCCC1.CN1CCN(C)C(=O)C1.CN1CCN(C)CC1. The van der Waals surface area contributed by atoms with Crippen LogP contribution in [0.5, 0.6) is 0 Å². The molecule has 1 amide bonds. The number of hydrogen-bond acceptors (Lipinski definition) is 6. The van der Waals surface area contributed by atoms with Crippen molar-refractivity contribution in [1.29, 1.82) is 0 Å². The number of nitrogens with zero attached hydrogens (tertiary/aromatic N) is 6. The molecule has 0 spiro atoms. The van der Waals surface area contributed by atoms with Crippen LogP contribution in [0, 0.1) is 0 Å². The molecule has 35 heavy (non-hydrogen) atoms. The first kappa shape index (κ1) is 41.4. The third kappa shape index (κ3) is 23.4. The molecule has 4 fully saturated rings. The molecule has 4 aliphatic rings. The molecule has 0 saturated carbocycles. The minimum absolute atomic E-state index is 0. The van der Waals surface area contributed by atoms with E-state index in [0.29, 0.717) is 6.54 Å². The van der Waals surface area contributed by atoms with Crippen LogP contribution in [0.3, 0.4) is 0 Å². The smallest absolute Gasteiger partial charge is 0.236 e. The monoisotopic (exact) mass is 505 g/mol. The minimum atomic E-state index is 0. The van der Waals surface area contributed by atoms with Gasteiger partial charge in [0.2, 0.25) is 5.91 Å². The molecule has 0 aliphatic carbocycles. The highest BCUT2D eigenvalue weighted by Crippen LogP contribution is 2.04. The van der Waals surface area contributed by atoms with Crippen LogP contribution < -0.4 is 0 Å². The fourth-order valence-corrected chi connectivity index (χ4v) is 3.71. The zero-order valence-electron chi connectivity index (χ0n) is 22.9. The Bertz CT molecular complexity index is 421. The van der Waals surface area contributed by atoms with Crippen LogP contribution in [0.25, 0.3) is 0 Å². The lowest BCUT2D eigenvalue weighted by Gasteiger charge is -2.28. The van der Waals surface area contributed by atoms with E-state index in [1.807, 2.05) is 32.8 Å². The average Bonchev–Trinajstić information content (AvgIpc) is 3.27. The summed E-state index contributed by atoms with van der Waals surface area (Å²) in [5, 5.41) is 0. The summed E-state index contributed by atoms with van der Waals surface area (Å²) < 4.78 is 0. The van der Waals surface area contributed by atoms with Gasteiger partial charge in [0.1, 0.15) is 0 Å². The van der Waals surface area contributed by atoms with Gasteiger partial charge in [-0.1, -0.05) is 42.5 Å². The van der Waals surface area contributed by atoms with Crippen LogP contribution in [0.1, 0.15) is 68.2 Å². The van der Waals surface area contributed by atoms with Gasteiger partial charge in [-0.3, -0.25) is 9.69 Å². The third-order valence-electron chi connectivity index (χ3n) is 6.28. The predicted molar refractivity (Wildman–Crippen MR) is 160 cm³/mol. The van der Waals surface area contributed by atoms with Crippen LogP contribution >= 0.6 is 0 Å². The lowest BCUT2D eigenvalue weighted by atomic mass is 10.1. The predicted octanol–water partition coefficient (Wildman–Crippen LogP) is 4.00. The third-order valence-corrected chi connectivity index (χ3v) is 6.28. The second-order valence-electron chi connectivity index (χ2n) is 9.53. The van der Waals surface area contributed by atoms with Gasteiger partial charge in [0.25, 0.3) is 0 Å². The highest BCUT2D eigenvalue weighted by molar-refractivity contribution is 5.78. The lowest BCUT2D eigenvalue weighted by molar-refractivity contribution is -0.133. The van der Waals surface area contributed by atoms with E-state index in [1.165, 1.54) is 84.5 Å². The molecular formula is C28H68N6O. The molecule has 7 heteroatoms. The van der Waals surface area contributed by atoms with Crippen molar-refractivity contribution in [2.45, 2.75) is 68.2 Å². The summed E-state index contributed by atoms with van der Waals surface area (Å²) in [7, 11) is 12.5. The maximum Gasteiger partial charge on any atom is 0.236 e. The number of carbonyl (C=O) groups is 1. The van der Waals surface area contributed by atoms with Crippen molar-refractivity contribution in [3.8, 4) is 0 Å². The highest BCUT2D eigenvalue weighted by Gasteiger charge is 2.16. The van der Waals surface area contributed by atoms with Crippen molar-refractivity contribution in [3.05, 3.63) is 0 Å². The Kier molecular flexibility index (Phi) is 31.2. The lowest BCUT2D eigenvalue weighted by Crippen LogP contribution is -2.46. The minimum Gasteiger partial charge on any atom is -0.343 e. The van der Waals surface area contributed by atoms with Crippen molar-refractivity contribution in [2.75, 3.05) is 114 Å². The summed E-state index contributed by atoms with van der Waals surface area (Å²) in [6.07, 6.45) is 7.10. The summed E-state index contributed by atoms with van der Waals surface area (Å²) in [5.41, 5.74) is 0. The van der Waals surface area contributed by atoms with Crippen LogP contribution in [0.15, 0.2) is 0 Å². The van der Waals surface area contributed by atoms with E-state index >= 15 is 0 Å². The van der Waals surface area contributed by atoms with Crippen molar-refractivity contribution in [3.63, 3.8) is 0 Å². The molecule has 216 valence electrons.